The van der Waals surface area contributed by atoms with Gasteiger partial charge in [-0.3, -0.25) is 9.59 Å². The quantitative estimate of drug-likeness (QED) is 0.923. The molecule has 2 amide bonds. The number of fused-ring (bicyclic) bond motifs is 1. The number of ether oxygens (including phenoxy) is 2. The lowest BCUT2D eigenvalue weighted by Gasteiger charge is -2.31. The third kappa shape index (κ3) is 3.17. The molecule has 1 aromatic carbocycles. The van der Waals surface area contributed by atoms with E-state index < -0.39 is 0 Å². The van der Waals surface area contributed by atoms with Gasteiger partial charge < -0.3 is 24.1 Å². The van der Waals surface area contributed by atoms with Gasteiger partial charge >= 0.3 is 0 Å². The Morgan fingerprint density at radius 1 is 1.08 bits per heavy atom. The van der Waals surface area contributed by atoms with Gasteiger partial charge in [0.05, 0.1) is 6.26 Å². The molecule has 3 heterocycles. The molecule has 0 bridgehead atoms. The topological polar surface area (TPSA) is 81.0 Å². The van der Waals surface area contributed by atoms with Crippen LogP contribution in [0.4, 0.5) is 0 Å². The summed E-state index contributed by atoms with van der Waals surface area (Å²) in [5, 5.41) is 3.02. The lowest BCUT2D eigenvalue weighted by molar-refractivity contribution is 0.0667. The normalized spacial score (nSPS) is 16.7. The zero-order valence-electron chi connectivity index (χ0n) is 13.6. The molecule has 1 aromatic heterocycles. The lowest BCUT2D eigenvalue weighted by atomic mass is 10.0. The first-order valence-electron chi connectivity index (χ1n) is 8.24. The molecule has 1 saturated heterocycles. The number of amides is 2. The number of furan rings is 1. The molecule has 2 aromatic rings. The van der Waals surface area contributed by atoms with Crippen molar-refractivity contribution < 1.29 is 23.5 Å². The number of piperidine rings is 1. The molecule has 4 rings (SSSR count). The highest BCUT2D eigenvalue weighted by molar-refractivity contribution is 5.95. The van der Waals surface area contributed by atoms with Gasteiger partial charge in [0, 0.05) is 24.7 Å². The lowest BCUT2D eigenvalue weighted by Crippen LogP contribution is -2.46. The number of likely N-dealkylation sites (tertiary alicyclic amines) is 1. The van der Waals surface area contributed by atoms with Crippen molar-refractivity contribution in [3.63, 3.8) is 0 Å². The van der Waals surface area contributed by atoms with Gasteiger partial charge in [-0.15, -0.1) is 0 Å². The molecule has 2 aliphatic rings. The average Bonchev–Trinajstić information content (AvgIpc) is 3.32. The molecule has 25 heavy (non-hydrogen) atoms. The molecule has 1 fully saturated rings. The molecule has 0 radical (unpaired) electrons. The van der Waals surface area contributed by atoms with Crippen LogP contribution in [-0.2, 0) is 0 Å². The molecule has 2 aliphatic heterocycles. The summed E-state index contributed by atoms with van der Waals surface area (Å²) in [5.41, 5.74) is 0.540. The Labute approximate surface area is 144 Å². The monoisotopic (exact) mass is 342 g/mol. The molecule has 0 spiro atoms. The van der Waals surface area contributed by atoms with Crippen LogP contribution in [0.25, 0.3) is 0 Å². The van der Waals surface area contributed by atoms with E-state index in [0.717, 1.165) is 0 Å². The number of hydrogen-bond acceptors (Lipinski definition) is 5. The van der Waals surface area contributed by atoms with Crippen LogP contribution in [0.3, 0.4) is 0 Å². The molecular weight excluding hydrogens is 324 g/mol. The molecule has 7 nitrogen and oxygen atoms in total. The minimum Gasteiger partial charge on any atom is -0.459 e. The Balaban J connectivity index is 1.32. The van der Waals surface area contributed by atoms with Crippen molar-refractivity contribution in [2.75, 3.05) is 19.9 Å². The maximum Gasteiger partial charge on any atom is 0.289 e. The number of nitrogens with one attached hydrogen (secondary N) is 1. The van der Waals surface area contributed by atoms with Gasteiger partial charge in [-0.1, -0.05) is 0 Å². The highest BCUT2D eigenvalue weighted by Gasteiger charge is 2.26. The van der Waals surface area contributed by atoms with Crippen LogP contribution in [0.2, 0.25) is 0 Å². The van der Waals surface area contributed by atoms with E-state index in [1.807, 2.05) is 0 Å². The van der Waals surface area contributed by atoms with Gasteiger partial charge in [0.2, 0.25) is 6.79 Å². The summed E-state index contributed by atoms with van der Waals surface area (Å²) in [6.45, 7) is 1.36. The van der Waals surface area contributed by atoms with E-state index in [0.29, 0.717) is 48.8 Å². The van der Waals surface area contributed by atoms with Gasteiger partial charge in [-0.25, -0.2) is 0 Å². The fourth-order valence-corrected chi connectivity index (χ4v) is 3.09. The van der Waals surface area contributed by atoms with Crippen molar-refractivity contribution in [1.29, 1.82) is 0 Å². The van der Waals surface area contributed by atoms with Crippen LogP contribution >= 0.6 is 0 Å². The second kappa shape index (κ2) is 6.51. The molecule has 0 saturated carbocycles. The Hall–Kier alpha value is -2.96. The fraction of sp³-hybridized carbons (Fsp3) is 0.333. The van der Waals surface area contributed by atoms with Gasteiger partial charge in [0.15, 0.2) is 17.3 Å². The van der Waals surface area contributed by atoms with Crippen molar-refractivity contribution in [2.45, 2.75) is 18.9 Å². The summed E-state index contributed by atoms with van der Waals surface area (Å²) < 4.78 is 15.7. The van der Waals surface area contributed by atoms with Crippen molar-refractivity contribution in [1.82, 2.24) is 10.2 Å². The Kier molecular flexibility index (Phi) is 4.05. The number of rotatable bonds is 3. The largest absolute Gasteiger partial charge is 0.459 e. The van der Waals surface area contributed by atoms with E-state index in [-0.39, 0.29) is 24.6 Å². The smallest absolute Gasteiger partial charge is 0.289 e. The summed E-state index contributed by atoms with van der Waals surface area (Å²) in [5.74, 6) is 1.34. The van der Waals surface area contributed by atoms with Crippen LogP contribution in [0.5, 0.6) is 11.5 Å². The summed E-state index contributed by atoms with van der Waals surface area (Å²) >= 11 is 0. The number of nitrogens with zero attached hydrogens (tertiary/aromatic N) is 1. The second-order valence-electron chi connectivity index (χ2n) is 6.09. The minimum atomic E-state index is -0.144. The summed E-state index contributed by atoms with van der Waals surface area (Å²) in [6, 6.07) is 8.55. The van der Waals surface area contributed by atoms with Crippen LogP contribution in [0.1, 0.15) is 33.8 Å². The Morgan fingerprint density at radius 3 is 2.64 bits per heavy atom. The van der Waals surface area contributed by atoms with Gasteiger partial charge in [-0.05, 0) is 43.2 Å². The molecular formula is C18H18N2O5. The van der Waals surface area contributed by atoms with E-state index in [4.69, 9.17) is 13.9 Å². The van der Waals surface area contributed by atoms with E-state index in [9.17, 15) is 9.59 Å². The first-order valence-corrected chi connectivity index (χ1v) is 8.24. The standard InChI is InChI=1S/C18H18N2O5/c21-17(12-3-4-14-16(10-12)25-11-24-14)19-13-5-7-20(8-6-13)18(22)15-2-1-9-23-15/h1-4,9-10,13H,5-8,11H2,(H,19,21). The van der Waals surface area contributed by atoms with Crippen LogP contribution in [0, 0.1) is 0 Å². The zero-order valence-corrected chi connectivity index (χ0v) is 13.6. The molecule has 130 valence electrons. The van der Waals surface area contributed by atoms with E-state index in [2.05, 4.69) is 5.32 Å². The number of hydrogen-bond donors (Lipinski definition) is 1. The van der Waals surface area contributed by atoms with Gasteiger partial charge in [0.25, 0.3) is 11.8 Å². The Morgan fingerprint density at radius 2 is 1.88 bits per heavy atom. The van der Waals surface area contributed by atoms with Gasteiger partial charge in [0.1, 0.15) is 0 Å². The maximum absolute atomic E-state index is 12.4. The van der Waals surface area contributed by atoms with E-state index in [1.165, 1.54) is 6.26 Å². The highest BCUT2D eigenvalue weighted by atomic mass is 16.7. The van der Waals surface area contributed by atoms with Crippen LogP contribution in [0.15, 0.2) is 41.0 Å². The predicted molar refractivity (Wildman–Crippen MR) is 87.7 cm³/mol. The van der Waals surface area contributed by atoms with E-state index in [1.54, 1.807) is 35.2 Å². The number of benzene rings is 1. The zero-order chi connectivity index (χ0) is 17.2. The maximum atomic E-state index is 12.4. The molecule has 0 aliphatic carbocycles. The molecule has 0 atom stereocenters. The molecule has 1 N–H and O–H groups in total. The fourth-order valence-electron chi connectivity index (χ4n) is 3.09. The van der Waals surface area contributed by atoms with Crippen LogP contribution < -0.4 is 14.8 Å². The summed E-state index contributed by atoms with van der Waals surface area (Å²) in [4.78, 5) is 26.4. The number of carbonyl (C=O) groups is 2. The van der Waals surface area contributed by atoms with Gasteiger partial charge in [-0.2, -0.15) is 0 Å². The second-order valence-corrected chi connectivity index (χ2v) is 6.09. The number of carbonyl (C=O) groups excluding carboxylic acids is 2. The molecule has 0 unspecified atom stereocenters. The van der Waals surface area contributed by atoms with Crippen molar-refractivity contribution in [3.8, 4) is 11.5 Å². The van der Waals surface area contributed by atoms with Crippen molar-refractivity contribution >= 4 is 11.8 Å². The third-order valence-electron chi connectivity index (χ3n) is 4.48. The third-order valence-corrected chi connectivity index (χ3v) is 4.48. The average molecular weight is 342 g/mol. The minimum absolute atomic E-state index is 0.0403. The Bertz CT molecular complexity index is 779. The predicted octanol–water partition coefficient (Wildman–Crippen LogP) is 2.04. The SMILES string of the molecule is O=C(NC1CCN(C(=O)c2ccco2)CC1)c1ccc2c(c1)OCO2. The van der Waals surface area contributed by atoms with Crippen LogP contribution in [-0.4, -0.2) is 42.6 Å². The van der Waals surface area contributed by atoms with Crippen molar-refractivity contribution in [3.05, 3.63) is 47.9 Å². The molecule has 7 heteroatoms. The summed E-state index contributed by atoms with van der Waals surface area (Å²) in [6.07, 6.45) is 2.91. The highest BCUT2D eigenvalue weighted by Crippen LogP contribution is 2.32. The van der Waals surface area contributed by atoms with E-state index >= 15 is 0 Å². The van der Waals surface area contributed by atoms with Crippen molar-refractivity contribution in [2.24, 2.45) is 0 Å². The first kappa shape index (κ1) is 15.6. The first-order chi connectivity index (χ1) is 12.2. The summed E-state index contributed by atoms with van der Waals surface area (Å²) in [7, 11) is 0.